The summed E-state index contributed by atoms with van der Waals surface area (Å²) in [6.45, 7) is 0. The monoisotopic (exact) mass is 274 g/mol. The summed E-state index contributed by atoms with van der Waals surface area (Å²) in [7, 11) is 0. The average molecular weight is 274 g/mol. The highest BCUT2D eigenvalue weighted by Gasteiger charge is 2.38. The summed E-state index contributed by atoms with van der Waals surface area (Å²) in [6, 6.07) is 8.35. The van der Waals surface area contributed by atoms with Gasteiger partial charge in [0, 0.05) is 6.42 Å². The Morgan fingerprint density at radius 1 is 1.11 bits per heavy atom. The van der Waals surface area contributed by atoms with Crippen LogP contribution in [0.15, 0.2) is 30.3 Å². The van der Waals surface area contributed by atoms with E-state index in [0.29, 0.717) is 12.0 Å². The smallest absolute Gasteiger partial charge is 0.459 e. The molecule has 0 amide bonds. The Balaban J connectivity index is 1.84. The van der Waals surface area contributed by atoms with Crippen LogP contribution in [0.5, 0.6) is 0 Å². The summed E-state index contributed by atoms with van der Waals surface area (Å²) in [5, 5.41) is 0. The molecule has 0 radical (unpaired) electrons. The van der Waals surface area contributed by atoms with Gasteiger partial charge in [0.2, 0.25) is 0 Å². The van der Waals surface area contributed by atoms with Crippen molar-refractivity contribution in [3.8, 4) is 0 Å². The van der Waals surface area contributed by atoms with Crippen molar-refractivity contribution in [2.45, 2.75) is 37.8 Å². The standard InChI is InChI=1S/C13H13F3O3/c14-13(15,16)19-11-7-6-10(8-11)18-12(17)9-4-2-1-3-5-9/h1-5,10-11H,6-8H2. The SMILES string of the molecule is O=C(OC1CCC(OC(F)(F)F)C1)c1ccccc1. The number of hydrogen-bond acceptors (Lipinski definition) is 3. The van der Waals surface area contributed by atoms with Crippen LogP contribution >= 0.6 is 0 Å². The molecule has 0 bridgehead atoms. The highest BCUT2D eigenvalue weighted by Crippen LogP contribution is 2.30. The van der Waals surface area contributed by atoms with Gasteiger partial charge in [-0.1, -0.05) is 18.2 Å². The molecule has 1 fully saturated rings. The topological polar surface area (TPSA) is 35.5 Å². The van der Waals surface area contributed by atoms with Gasteiger partial charge in [-0.15, -0.1) is 13.2 Å². The first-order valence-electron chi connectivity index (χ1n) is 5.94. The fraction of sp³-hybridized carbons (Fsp3) is 0.462. The van der Waals surface area contributed by atoms with Crippen molar-refractivity contribution in [2.24, 2.45) is 0 Å². The third kappa shape index (κ3) is 4.24. The van der Waals surface area contributed by atoms with E-state index in [2.05, 4.69) is 4.74 Å². The Bertz CT molecular complexity index is 431. The second kappa shape index (κ2) is 5.61. The molecule has 2 unspecified atom stereocenters. The Labute approximate surface area is 108 Å². The zero-order valence-electron chi connectivity index (χ0n) is 10.0. The van der Waals surface area contributed by atoms with E-state index in [1.807, 2.05) is 0 Å². The van der Waals surface area contributed by atoms with Crippen LogP contribution in [0, 0.1) is 0 Å². The largest absolute Gasteiger partial charge is 0.522 e. The molecule has 2 atom stereocenters. The molecule has 3 nitrogen and oxygen atoms in total. The van der Waals surface area contributed by atoms with Crippen LogP contribution in [-0.4, -0.2) is 24.5 Å². The maximum absolute atomic E-state index is 12.0. The van der Waals surface area contributed by atoms with Crippen molar-refractivity contribution >= 4 is 5.97 Å². The lowest BCUT2D eigenvalue weighted by atomic mass is 10.2. The molecule has 1 aromatic carbocycles. The Morgan fingerprint density at radius 3 is 2.37 bits per heavy atom. The quantitative estimate of drug-likeness (QED) is 0.793. The van der Waals surface area contributed by atoms with Crippen LogP contribution in [0.25, 0.3) is 0 Å². The Morgan fingerprint density at radius 2 is 1.74 bits per heavy atom. The third-order valence-corrected chi connectivity index (χ3v) is 2.92. The molecule has 19 heavy (non-hydrogen) atoms. The van der Waals surface area contributed by atoms with Crippen molar-refractivity contribution < 1.29 is 27.4 Å². The van der Waals surface area contributed by atoms with Crippen molar-refractivity contribution in [1.29, 1.82) is 0 Å². The van der Waals surface area contributed by atoms with Crippen molar-refractivity contribution in [1.82, 2.24) is 0 Å². The van der Waals surface area contributed by atoms with Gasteiger partial charge in [0.25, 0.3) is 0 Å². The lowest BCUT2D eigenvalue weighted by molar-refractivity contribution is -0.342. The van der Waals surface area contributed by atoms with E-state index in [9.17, 15) is 18.0 Å². The molecular weight excluding hydrogens is 261 g/mol. The van der Waals surface area contributed by atoms with Crippen LogP contribution < -0.4 is 0 Å². The molecule has 1 aromatic rings. The molecule has 0 aromatic heterocycles. The average Bonchev–Trinajstić information content (AvgIpc) is 2.75. The van der Waals surface area contributed by atoms with E-state index in [1.165, 1.54) is 0 Å². The zero-order valence-corrected chi connectivity index (χ0v) is 10.0. The van der Waals surface area contributed by atoms with E-state index >= 15 is 0 Å². The molecule has 0 saturated heterocycles. The number of esters is 1. The minimum absolute atomic E-state index is 0.0814. The van der Waals surface area contributed by atoms with Crippen LogP contribution in [-0.2, 0) is 9.47 Å². The molecule has 0 spiro atoms. The van der Waals surface area contributed by atoms with E-state index in [1.54, 1.807) is 30.3 Å². The molecule has 1 aliphatic rings. The maximum Gasteiger partial charge on any atom is 0.522 e. The van der Waals surface area contributed by atoms with E-state index in [-0.39, 0.29) is 12.8 Å². The van der Waals surface area contributed by atoms with Crippen LogP contribution in [0.2, 0.25) is 0 Å². The Hall–Kier alpha value is -1.56. The third-order valence-electron chi connectivity index (χ3n) is 2.92. The molecule has 0 heterocycles. The second-order valence-electron chi connectivity index (χ2n) is 4.39. The van der Waals surface area contributed by atoms with Crippen molar-refractivity contribution in [3.05, 3.63) is 35.9 Å². The lowest BCUT2D eigenvalue weighted by Gasteiger charge is -2.15. The molecule has 0 aliphatic heterocycles. The first kappa shape index (κ1) is 13.9. The second-order valence-corrected chi connectivity index (χ2v) is 4.39. The summed E-state index contributed by atoms with van der Waals surface area (Å²) in [4.78, 5) is 11.7. The van der Waals surface area contributed by atoms with Gasteiger partial charge in [-0.2, -0.15) is 0 Å². The predicted octanol–water partition coefficient (Wildman–Crippen LogP) is 3.30. The van der Waals surface area contributed by atoms with Gasteiger partial charge in [-0.25, -0.2) is 4.79 Å². The summed E-state index contributed by atoms with van der Waals surface area (Å²) < 4.78 is 45.2. The van der Waals surface area contributed by atoms with Gasteiger partial charge in [-0.05, 0) is 25.0 Å². The fourth-order valence-electron chi connectivity index (χ4n) is 2.10. The first-order chi connectivity index (χ1) is 8.94. The van der Waals surface area contributed by atoms with Gasteiger partial charge in [0.05, 0.1) is 11.7 Å². The number of rotatable bonds is 3. The summed E-state index contributed by atoms with van der Waals surface area (Å²) in [5.74, 6) is -0.516. The molecule has 6 heteroatoms. The molecule has 104 valence electrons. The van der Waals surface area contributed by atoms with E-state index < -0.39 is 24.5 Å². The Kier molecular flexibility index (Phi) is 4.09. The summed E-state index contributed by atoms with van der Waals surface area (Å²) in [5.41, 5.74) is 0.391. The number of carbonyl (C=O) groups is 1. The number of carbonyl (C=O) groups excluding carboxylic acids is 1. The number of hydrogen-bond donors (Lipinski definition) is 0. The number of halogens is 3. The highest BCUT2D eigenvalue weighted by atomic mass is 19.4. The van der Waals surface area contributed by atoms with Crippen LogP contribution in [0.3, 0.4) is 0 Å². The fourth-order valence-corrected chi connectivity index (χ4v) is 2.10. The maximum atomic E-state index is 12.0. The van der Waals surface area contributed by atoms with Gasteiger partial charge in [0.1, 0.15) is 6.10 Å². The minimum Gasteiger partial charge on any atom is -0.459 e. The normalized spacial score (nSPS) is 23.3. The van der Waals surface area contributed by atoms with Gasteiger partial charge >= 0.3 is 12.3 Å². The molecule has 2 rings (SSSR count). The molecule has 1 saturated carbocycles. The number of ether oxygens (including phenoxy) is 2. The van der Waals surface area contributed by atoms with Crippen molar-refractivity contribution in [3.63, 3.8) is 0 Å². The molecular formula is C13H13F3O3. The zero-order chi connectivity index (χ0) is 13.9. The summed E-state index contributed by atoms with van der Waals surface area (Å²) in [6.07, 6.45) is -5.36. The van der Waals surface area contributed by atoms with Gasteiger partial charge in [-0.3, -0.25) is 4.74 Å². The minimum atomic E-state index is -4.64. The number of alkyl halides is 3. The van der Waals surface area contributed by atoms with E-state index in [0.717, 1.165) is 0 Å². The van der Waals surface area contributed by atoms with Gasteiger partial charge < -0.3 is 4.74 Å². The first-order valence-corrected chi connectivity index (χ1v) is 5.94. The molecule has 1 aliphatic carbocycles. The van der Waals surface area contributed by atoms with Crippen LogP contribution in [0.4, 0.5) is 13.2 Å². The van der Waals surface area contributed by atoms with E-state index in [4.69, 9.17) is 4.74 Å². The van der Waals surface area contributed by atoms with Crippen molar-refractivity contribution in [2.75, 3.05) is 0 Å². The molecule has 0 N–H and O–H groups in total. The highest BCUT2D eigenvalue weighted by molar-refractivity contribution is 5.89. The predicted molar refractivity (Wildman–Crippen MR) is 60.4 cm³/mol. The summed E-state index contributed by atoms with van der Waals surface area (Å²) >= 11 is 0. The lowest BCUT2D eigenvalue weighted by Crippen LogP contribution is -2.23. The van der Waals surface area contributed by atoms with Crippen LogP contribution in [0.1, 0.15) is 29.6 Å². The number of benzene rings is 1. The van der Waals surface area contributed by atoms with Gasteiger partial charge in [0.15, 0.2) is 0 Å².